The maximum atomic E-state index is 4.55. The van der Waals surface area contributed by atoms with Crippen LogP contribution in [0.3, 0.4) is 0 Å². The number of hydrogen-bond acceptors (Lipinski definition) is 1. The molecule has 1 heterocycles. The maximum Gasteiger partial charge on any atom is 0.0376 e. The molecule has 1 aliphatic heterocycles. The van der Waals surface area contributed by atoms with Crippen LogP contribution in [0.25, 0.3) is 0 Å². The fourth-order valence-electron chi connectivity index (χ4n) is 1.50. The lowest BCUT2D eigenvalue weighted by molar-refractivity contribution is 0.280. The predicted molar refractivity (Wildman–Crippen MR) is 47.7 cm³/mol. The van der Waals surface area contributed by atoms with Crippen molar-refractivity contribution in [2.45, 2.75) is 33.2 Å². The van der Waals surface area contributed by atoms with Crippen molar-refractivity contribution in [2.75, 3.05) is 19.6 Å². The molecule has 1 radical (unpaired) electrons. The van der Waals surface area contributed by atoms with E-state index in [1.165, 1.54) is 6.42 Å². The molecule has 1 aliphatic rings. The molecule has 1 N–H and O–H groups in total. The molecule has 1 atom stereocenters. The van der Waals surface area contributed by atoms with Gasteiger partial charge in [-0.2, -0.15) is 0 Å². The Morgan fingerprint density at radius 2 is 2.18 bits per heavy atom. The van der Waals surface area contributed by atoms with Gasteiger partial charge in [0.15, 0.2) is 0 Å². The zero-order valence-corrected chi connectivity index (χ0v) is 7.85. The average molecular weight is 155 g/mol. The minimum Gasteiger partial charge on any atom is -0.314 e. The summed E-state index contributed by atoms with van der Waals surface area (Å²) in [6, 6.07) is 0.559. The number of nitrogens with zero attached hydrogens (tertiary/aromatic N) is 1. The number of rotatable bonds is 1. The number of nitrogens with one attached hydrogen (secondary N) is 1. The first-order chi connectivity index (χ1) is 5.08. The second-order valence-corrected chi connectivity index (χ2v) is 4.53. The van der Waals surface area contributed by atoms with Crippen LogP contribution in [-0.2, 0) is 0 Å². The minimum absolute atomic E-state index is 0.424. The molecule has 0 amide bonds. The van der Waals surface area contributed by atoms with Crippen molar-refractivity contribution in [3.8, 4) is 0 Å². The Hall–Kier alpha value is -0.0800. The molecule has 0 aromatic rings. The third-order valence-electron chi connectivity index (χ3n) is 1.90. The lowest BCUT2D eigenvalue weighted by Crippen LogP contribution is -2.45. The van der Waals surface area contributed by atoms with E-state index >= 15 is 0 Å². The van der Waals surface area contributed by atoms with E-state index < -0.39 is 0 Å². The molecule has 2 heteroatoms. The van der Waals surface area contributed by atoms with Crippen molar-refractivity contribution in [1.82, 2.24) is 10.6 Å². The fourth-order valence-corrected chi connectivity index (χ4v) is 1.50. The van der Waals surface area contributed by atoms with Crippen LogP contribution in [0.2, 0.25) is 0 Å². The van der Waals surface area contributed by atoms with Gasteiger partial charge in [-0.15, -0.1) is 0 Å². The Balaban J connectivity index is 2.24. The predicted octanol–water partition coefficient (Wildman–Crippen LogP) is 0.999. The van der Waals surface area contributed by atoms with Gasteiger partial charge in [-0.25, -0.2) is 5.32 Å². The Morgan fingerprint density at radius 1 is 1.45 bits per heavy atom. The highest BCUT2D eigenvalue weighted by Crippen LogP contribution is 2.21. The Morgan fingerprint density at radius 3 is 2.64 bits per heavy atom. The fraction of sp³-hybridized carbons (Fsp3) is 1.00. The molecule has 2 nitrogen and oxygen atoms in total. The molecule has 0 aliphatic carbocycles. The van der Waals surface area contributed by atoms with Gasteiger partial charge in [0.2, 0.25) is 0 Å². The van der Waals surface area contributed by atoms with Crippen LogP contribution < -0.4 is 10.6 Å². The molecule has 1 fully saturated rings. The zero-order valence-electron chi connectivity index (χ0n) is 7.85. The summed E-state index contributed by atoms with van der Waals surface area (Å²) in [5.41, 5.74) is 0.424. The Labute approximate surface area is 69.8 Å². The van der Waals surface area contributed by atoms with E-state index in [4.69, 9.17) is 0 Å². The van der Waals surface area contributed by atoms with Crippen molar-refractivity contribution in [2.24, 2.45) is 5.41 Å². The van der Waals surface area contributed by atoms with Crippen LogP contribution >= 0.6 is 0 Å². The molecule has 11 heavy (non-hydrogen) atoms. The topological polar surface area (TPSA) is 26.1 Å². The maximum absolute atomic E-state index is 4.55. The molecule has 65 valence electrons. The van der Waals surface area contributed by atoms with E-state index in [1.54, 1.807) is 0 Å². The largest absolute Gasteiger partial charge is 0.314 e. The van der Waals surface area contributed by atoms with Crippen molar-refractivity contribution < 1.29 is 0 Å². The second kappa shape index (κ2) is 3.55. The van der Waals surface area contributed by atoms with E-state index in [0.29, 0.717) is 11.5 Å². The second-order valence-electron chi connectivity index (χ2n) is 4.53. The van der Waals surface area contributed by atoms with Crippen LogP contribution in [0, 0.1) is 5.41 Å². The van der Waals surface area contributed by atoms with Crippen molar-refractivity contribution in [3.05, 3.63) is 0 Å². The SMILES string of the molecule is CC(C)(C)CC1CNCC[N]1. The molecule has 0 spiro atoms. The molecule has 1 unspecified atom stereocenters. The van der Waals surface area contributed by atoms with Crippen LogP contribution in [0.15, 0.2) is 0 Å². The van der Waals surface area contributed by atoms with Crippen LogP contribution in [0.4, 0.5) is 0 Å². The first-order valence-corrected chi connectivity index (χ1v) is 4.45. The monoisotopic (exact) mass is 155 g/mol. The van der Waals surface area contributed by atoms with Crippen LogP contribution in [-0.4, -0.2) is 25.7 Å². The molecule has 0 saturated carbocycles. The van der Waals surface area contributed by atoms with Gasteiger partial charge in [0.1, 0.15) is 0 Å². The Bertz CT molecular complexity index is 109. The van der Waals surface area contributed by atoms with Gasteiger partial charge in [0.05, 0.1) is 0 Å². The normalized spacial score (nSPS) is 27.0. The van der Waals surface area contributed by atoms with E-state index in [1.807, 2.05) is 0 Å². The Kier molecular flexibility index (Phi) is 2.90. The standard InChI is InChI=1S/C9H19N2/c1-9(2,3)6-8-7-10-4-5-11-8/h8,10H,4-7H2,1-3H3. The summed E-state index contributed by atoms with van der Waals surface area (Å²) in [7, 11) is 0. The van der Waals surface area contributed by atoms with Crippen molar-refractivity contribution in [3.63, 3.8) is 0 Å². The molecule has 1 saturated heterocycles. The molecule has 0 bridgehead atoms. The molecular weight excluding hydrogens is 136 g/mol. The molecule has 0 aromatic heterocycles. The summed E-state index contributed by atoms with van der Waals surface area (Å²) >= 11 is 0. The van der Waals surface area contributed by atoms with Gasteiger partial charge in [0.25, 0.3) is 0 Å². The van der Waals surface area contributed by atoms with Gasteiger partial charge in [-0.05, 0) is 11.8 Å². The van der Waals surface area contributed by atoms with Gasteiger partial charge < -0.3 is 5.32 Å². The van der Waals surface area contributed by atoms with Crippen LogP contribution in [0.1, 0.15) is 27.2 Å². The first-order valence-electron chi connectivity index (χ1n) is 4.45. The van der Waals surface area contributed by atoms with E-state index in [2.05, 4.69) is 31.4 Å². The van der Waals surface area contributed by atoms with E-state index in [9.17, 15) is 0 Å². The third-order valence-corrected chi connectivity index (χ3v) is 1.90. The summed E-state index contributed by atoms with van der Waals surface area (Å²) in [5.74, 6) is 0. The van der Waals surface area contributed by atoms with Gasteiger partial charge in [0, 0.05) is 25.7 Å². The quantitative estimate of drug-likeness (QED) is 0.600. The highest BCUT2D eigenvalue weighted by atomic mass is 15.1. The summed E-state index contributed by atoms with van der Waals surface area (Å²) in [5, 5.41) is 7.92. The van der Waals surface area contributed by atoms with E-state index in [0.717, 1.165) is 19.6 Å². The first kappa shape index (κ1) is 9.01. The lowest BCUT2D eigenvalue weighted by Gasteiger charge is -2.28. The summed E-state index contributed by atoms with van der Waals surface area (Å²) in [6.07, 6.45) is 1.21. The van der Waals surface area contributed by atoms with Gasteiger partial charge >= 0.3 is 0 Å². The number of piperazine rings is 1. The molecule has 1 rings (SSSR count). The summed E-state index contributed by atoms with van der Waals surface area (Å²) in [4.78, 5) is 0. The smallest absolute Gasteiger partial charge is 0.0376 e. The lowest BCUT2D eigenvalue weighted by atomic mass is 9.87. The summed E-state index contributed by atoms with van der Waals surface area (Å²) in [6.45, 7) is 9.98. The highest BCUT2D eigenvalue weighted by molar-refractivity contribution is 4.79. The van der Waals surface area contributed by atoms with Crippen molar-refractivity contribution >= 4 is 0 Å². The molecule has 0 aromatic carbocycles. The zero-order chi connectivity index (χ0) is 8.32. The third kappa shape index (κ3) is 3.73. The van der Waals surface area contributed by atoms with Gasteiger partial charge in [-0.3, -0.25) is 0 Å². The minimum atomic E-state index is 0.424. The summed E-state index contributed by atoms with van der Waals surface area (Å²) < 4.78 is 0. The highest BCUT2D eigenvalue weighted by Gasteiger charge is 2.20. The van der Waals surface area contributed by atoms with E-state index in [-0.39, 0.29) is 0 Å². The molecular formula is C9H19N2. The number of hydrogen-bond donors (Lipinski definition) is 1. The van der Waals surface area contributed by atoms with Crippen LogP contribution in [0.5, 0.6) is 0 Å². The average Bonchev–Trinajstić information content (AvgIpc) is 1.85. The van der Waals surface area contributed by atoms with Crippen molar-refractivity contribution in [1.29, 1.82) is 0 Å². The van der Waals surface area contributed by atoms with Gasteiger partial charge in [-0.1, -0.05) is 20.8 Å².